The molecule has 0 saturated heterocycles. The number of nitrogens with zero attached hydrogens (tertiary/aromatic N) is 1. The molecule has 0 aliphatic heterocycles. The largest absolute Gasteiger partial charge is 0.456 e. The molecule has 0 bridgehead atoms. The van der Waals surface area contributed by atoms with Gasteiger partial charge in [0.15, 0.2) is 0 Å². The highest BCUT2D eigenvalue weighted by Gasteiger charge is 2.20. The molecular formula is C52H33NOS. The first-order chi connectivity index (χ1) is 27.2. The average Bonchev–Trinajstić information content (AvgIpc) is 3.83. The van der Waals surface area contributed by atoms with Crippen LogP contribution in [0.15, 0.2) is 205 Å². The molecule has 0 aliphatic rings. The number of hydrogen-bond acceptors (Lipinski definition) is 3. The van der Waals surface area contributed by atoms with Crippen LogP contribution in [0.1, 0.15) is 0 Å². The molecule has 55 heavy (non-hydrogen) atoms. The number of hydrogen-bond donors (Lipinski definition) is 0. The van der Waals surface area contributed by atoms with Crippen LogP contribution in [0.4, 0.5) is 17.1 Å². The quantitative estimate of drug-likeness (QED) is 0.170. The Morgan fingerprint density at radius 1 is 0.345 bits per heavy atom. The smallest absolute Gasteiger partial charge is 0.135 e. The minimum atomic E-state index is 0.893. The van der Waals surface area contributed by atoms with Gasteiger partial charge < -0.3 is 9.32 Å². The van der Waals surface area contributed by atoms with Crippen molar-refractivity contribution in [2.75, 3.05) is 4.90 Å². The lowest BCUT2D eigenvalue weighted by molar-refractivity contribution is 0.669. The molecule has 2 heterocycles. The van der Waals surface area contributed by atoms with Crippen LogP contribution < -0.4 is 4.90 Å². The van der Waals surface area contributed by atoms with Gasteiger partial charge in [-0.05, 0) is 105 Å². The van der Waals surface area contributed by atoms with Gasteiger partial charge in [-0.3, -0.25) is 0 Å². The maximum absolute atomic E-state index is 6.23. The van der Waals surface area contributed by atoms with E-state index in [2.05, 4.69) is 193 Å². The van der Waals surface area contributed by atoms with E-state index in [1.54, 1.807) is 0 Å². The highest BCUT2D eigenvalue weighted by Crippen LogP contribution is 2.46. The summed E-state index contributed by atoms with van der Waals surface area (Å²) < 4.78 is 8.79. The lowest BCUT2D eigenvalue weighted by Crippen LogP contribution is -2.10. The zero-order valence-electron chi connectivity index (χ0n) is 29.8. The molecule has 0 radical (unpaired) electrons. The first kappa shape index (κ1) is 31.6. The molecule has 258 valence electrons. The van der Waals surface area contributed by atoms with E-state index < -0.39 is 0 Å². The van der Waals surface area contributed by atoms with Crippen LogP contribution in [0.3, 0.4) is 0 Å². The minimum absolute atomic E-state index is 0.893. The molecule has 0 amide bonds. The van der Waals surface area contributed by atoms with E-state index in [0.717, 1.165) is 39.0 Å². The topological polar surface area (TPSA) is 16.4 Å². The average molecular weight is 720 g/mol. The van der Waals surface area contributed by atoms with Crippen LogP contribution in [0.25, 0.3) is 86.3 Å². The fraction of sp³-hybridized carbons (Fsp3) is 0. The van der Waals surface area contributed by atoms with Gasteiger partial charge in [0.2, 0.25) is 0 Å². The molecule has 11 aromatic rings. The SMILES string of the molecule is c1cc(-c2ccc(-c3ccc(N(c4ccc5oc6ccccc6c5c4)c4cccc5c4sc4ccccc45)cc3)cc2)cc(-c2ccc3ccccc3c2)c1. The normalized spacial score (nSPS) is 11.6. The summed E-state index contributed by atoms with van der Waals surface area (Å²) in [6, 6.07) is 72.3. The van der Waals surface area contributed by atoms with E-state index in [0.29, 0.717) is 0 Å². The summed E-state index contributed by atoms with van der Waals surface area (Å²) in [5.74, 6) is 0. The van der Waals surface area contributed by atoms with Gasteiger partial charge in [0.05, 0.1) is 10.4 Å². The second-order valence-corrected chi connectivity index (χ2v) is 15.2. The Balaban J connectivity index is 0.960. The molecule has 0 saturated carbocycles. The van der Waals surface area contributed by atoms with E-state index >= 15 is 0 Å². The Morgan fingerprint density at radius 2 is 0.927 bits per heavy atom. The van der Waals surface area contributed by atoms with Crippen molar-refractivity contribution in [3.05, 3.63) is 200 Å². The van der Waals surface area contributed by atoms with Crippen molar-refractivity contribution in [3.8, 4) is 33.4 Å². The van der Waals surface area contributed by atoms with Crippen LogP contribution in [0.2, 0.25) is 0 Å². The highest BCUT2D eigenvalue weighted by molar-refractivity contribution is 7.26. The predicted molar refractivity (Wildman–Crippen MR) is 235 cm³/mol. The molecule has 0 atom stereocenters. The van der Waals surface area contributed by atoms with Crippen molar-refractivity contribution in [1.82, 2.24) is 0 Å². The molecule has 9 aromatic carbocycles. The minimum Gasteiger partial charge on any atom is -0.456 e. The first-order valence-corrected chi connectivity index (χ1v) is 19.5. The Kier molecular flexibility index (Phi) is 7.39. The summed E-state index contributed by atoms with van der Waals surface area (Å²) in [6.45, 7) is 0. The summed E-state index contributed by atoms with van der Waals surface area (Å²) in [5.41, 5.74) is 12.4. The predicted octanol–water partition coefficient (Wildman–Crippen LogP) is 15.6. The van der Waals surface area contributed by atoms with E-state index in [1.807, 2.05) is 23.5 Å². The summed E-state index contributed by atoms with van der Waals surface area (Å²) in [6.07, 6.45) is 0. The molecule has 3 heteroatoms. The molecule has 2 aromatic heterocycles. The number of para-hydroxylation sites is 1. The van der Waals surface area contributed by atoms with Crippen LogP contribution in [-0.2, 0) is 0 Å². The summed E-state index contributed by atoms with van der Waals surface area (Å²) >= 11 is 1.85. The maximum Gasteiger partial charge on any atom is 0.135 e. The van der Waals surface area contributed by atoms with Gasteiger partial charge in [0.25, 0.3) is 0 Å². The maximum atomic E-state index is 6.23. The number of anilines is 3. The monoisotopic (exact) mass is 719 g/mol. The molecule has 0 fully saturated rings. The van der Waals surface area contributed by atoms with Gasteiger partial charge in [-0.15, -0.1) is 11.3 Å². The van der Waals surface area contributed by atoms with E-state index in [-0.39, 0.29) is 0 Å². The Bertz CT molecular complexity index is 3210. The van der Waals surface area contributed by atoms with Crippen LogP contribution >= 0.6 is 11.3 Å². The van der Waals surface area contributed by atoms with E-state index in [9.17, 15) is 0 Å². The molecule has 0 unspecified atom stereocenters. The summed E-state index contributed by atoms with van der Waals surface area (Å²) in [5, 5.41) is 7.32. The molecular weight excluding hydrogens is 687 g/mol. The van der Waals surface area contributed by atoms with Crippen molar-refractivity contribution in [2.45, 2.75) is 0 Å². The van der Waals surface area contributed by atoms with E-state index in [1.165, 1.54) is 64.3 Å². The molecule has 0 N–H and O–H groups in total. The number of fused-ring (bicyclic) bond motifs is 7. The number of thiophene rings is 1. The van der Waals surface area contributed by atoms with Crippen LogP contribution in [0.5, 0.6) is 0 Å². The fourth-order valence-electron chi connectivity index (χ4n) is 8.09. The standard InChI is InChI=1S/C52H33NOS/c1-2-10-38-32-41(24-23-34(38)9-1)40-12-7-11-39(31-40)37-21-19-35(20-22-37)36-25-27-42(28-26-36)53(43-29-30-50-47(33-43)44-13-3-5-17-49(44)54-50)48-16-8-15-46-45-14-4-6-18-51(45)55-52(46)48/h1-33H. The first-order valence-electron chi connectivity index (χ1n) is 18.7. The molecule has 0 spiro atoms. The van der Waals surface area contributed by atoms with Gasteiger partial charge in [-0.25, -0.2) is 0 Å². The third-order valence-electron chi connectivity index (χ3n) is 10.9. The van der Waals surface area contributed by atoms with Crippen molar-refractivity contribution in [3.63, 3.8) is 0 Å². The molecule has 11 rings (SSSR count). The van der Waals surface area contributed by atoms with Gasteiger partial charge in [0, 0.05) is 37.6 Å². The second kappa shape index (κ2) is 12.9. The summed E-state index contributed by atoms with van der Waals surface area (Å²) in [7, 11) is 0. The van der Waals surface area contributed by atoms with Crippen molar-refractivity contribution in [2.24, 2.45) is 0 Å². The lowest BCUT2D eigenvalue weighted by Gasteiger charge is -2.26. The molecule has 2 nitrogen and oxygen atoms in total. The van der Waals surface area contributed by atoms with Crippen molar-refractivity contribution in [1.29, 1.82) is 0 Å². The Labute approximate surface area is 322 Å². The van der Waals surface area contributed by atoms with E-state index in [4.69, 9.17) is 4.42 Å². The highest BCUT2D eigenvalue weighted by atomic mass is 32.1. The van der Waals surface area contributed by atoms with Gasteiger partial charge in [-0.1, -0.05) is 140 Å². The van der Waals surface area contributed by atoms with Gasteiger partial charge in [-0.2, -0.15) is 0 Å². The Hall–Kier alpha value is -6.94. The zero-order chi connectivity index (χ0) is 36.3. The van der Waals surface area contributed by atoms with Crippen LogP contribution in [0, 0.1) is 0 Å². The third kappa shape index (κ3) is 5.48. The number of benzene rings is 9. The van der Waals surface area contributed by atoms with Crippen molar-refractivity contribution < 1.29 is 4.42 Å². The molecule has 0 aliphatic carbocycles. The number of rotatable bonds is 6. The van der Waals surface area contributed by atoms with Crippen molar-refractivity contribution >= 4 is 81.3 Å². The summed E-state index contributed by atoms with van der Waals surface area (Å²) in [4.78, 5) is 2.40. The van der Waals surface area contributed by atoms with Gasteiger partial charge >= 0.3 is 0 Å². The number of furan rings is 1. The Morgan fingerprint density at radius 3 is 1.76 bits per heavy atom. The van der Waals surface area contributed by atoms with Gasteiger partial charge in [0.1, 0.15) is 11.2 Å². The fourth-order valence-corrected chi connectivity index (χ4v) is 9.30. The zero-order valence-corrected chi connectivity index (χ0v) is 30.6. The van der Waals surface area contributed by atoms with Crippen LogP contribution in [-0.4, -0.2) is 0 Å². The second-order valence-electron chi connectivity index (χ2n) is 14.1. The lowest BCUT2D eigenvalue weighted by atomic mass is 9.96. The third-order valence-corrected chi connectivity index (χ3v) is 12.1.